The van der Waals surface area contributed by atoms with Gasteiger partial charge < -0.3 is 10.6 Å². The van der Waals surface area contributed by atoms with E-state index in [-0.39, 0.29) is 11.6 Å². The summed E-state index contributed by atoms with van der Waals surface area (Å²) in [5.41, 5.74) is 0.754. The molecule has 0 aromatic heterocycles. The Bertz CT molecular complexity index is 407. The van der Waals surface area contributed by atoms with Gasteiger partial charge >= 0.3 is 0 Å². The molecule has 0 aliphatic carbocycles. The number of nitrogens with one attached hydrogen (secondary N) is 2. The zero-order valence-electron chi connectivity index (χ0n) is 9.60. The number of rotatable bonds is 6. The van der Waals surface area contributed by atoms with E-state index < -0.39 is 4.92 Å². The highest BCUT2D eigenvalue weighted by molar-refractivity contribution is 5.76. The minimum atomic E-state index is -0.452. The molecule has 0 unspecified atom stereocenters. The van der Waals surface area contributed by atoms with Crippen LogP contribution in [-0.2, 0) is 11.3 Å². The van der Waals surface area contributed by atoms with E-state index in [1.807, 2.05) is 0 Å². The van der Waals surface area contributed by atoms with Crippen LogP contribution in [0.2, 0.25) is 0 Å². The lowest BCUT2D eigenvalue weighted by molar-refractivity contribution is -0.384. The van der Waals surface area contributed by atoms with E-state index in [1.165, 1.54) is 12.1 Å². The van der Waals surface area contributed by atoms with Gasteiger partial charge in [0.1, 0.15) is 0 Å². The number of nitro benzene ring substituents is 1. The maximum absolute atomic E-state index is 11.3. The Hall–Kier alpha value is -1.95. The maximum Gasteiger partial charge on any atom is 0.269 e. The number of nitro groups is 1. The first-order valence-electron chi connectivity index (χ1n) is 5.28. The number of amides is 1. The first kappa shape index (κ1) is 13.1. The third-order valence-corrected chi connectivity index (χ3v) is 2.21. The Morgan fingerprint density at radius 1 is 1.47 bits per heavy atom. The minimum Gasteiger partial charge on any atom is -0.352 e. The molecule has 0 atom stereocenters. The van der Waals surface area contributed by atoms with Crippen LogP contribution >= 0.6 is 0 Å². The van der Waals surface area contributed by atoms with Crippen LogP contribution in [0.4, 0.5) is 5.69 Å². The first-order valence-corrected chi connectivity index (χ1v) is 5.28. The number of nitrogens with zero attached hydrogens (tertiary/aromatic N) is 1. The molecule has 0 aliphatic heterocycles. The van der Waals surface area contributed by atoms with Crippen molar-refractivity contribution in [3.05, 3.63) is 39.9 Å². The van der Waals surface area contributed by atoms with Crippen molar-refractivity contribution in [2.75, 3.05) is 13.6 Å². The van der Waals surface area contributed by atoms with Crippen LogP contribution in [0.25, 0.3) is 0 Å². The van der Waals surface area contributed by atoms with Gasteiger partial charge in [0.15, 0.2) is 0 Å². The molecule has 6 nitrogen and oxygen atoms in total. The Labute approximate surface area is 99.2 Å². The predicted octanol–water partition coefficient (Wildman–Crippen LogP) is 0.820. The number of carbonyl (C=O) groups is 1. The van der Waals surface area contributed by atoms with Crippen LogP contribution in [0.15, 0.2) is 24.3 Å². The van der Waals surface area contributed by atoms with Gasteiger partial charge in [-0.05, 0) is 12.6 Å². The van der Waals surface area contributed by atoms with Gasteiger partial charge in [-0.1, -0.05) is 12.1 Å². The summed E-state index contributed by atoms with van der Waals surface area (Å²) in [6, 6.07) is 6.23. The van der Waals surface area contributed by atoms with Crippen LogP contribution < -0.4 is 10.6 Å². The van der Waals surface area contributed by atoms with E-state index in [4.69, 9.17) is 0 Å². The van der Waals surface area contributed by atoms with E-state index in [9.17, 15) is 14.9 Å². The first-order chi connectivity index (χ1) is 8.13. The molecular formula is C11H15N3O3. The molecule has 0 fully saturated rings. The molecule has 6 heteroatoms. The second-order valence-electron chi connectivity index (χ2n) is 3.56. The molecule has 0 heterocycles. The molecule has 0 saturated carbocycles. The molecule has 0 spiro atoms. The van der Waals surface area contributed by atoms with Gasteiger partial charge in [-0.15, -0.1) is 0 Å². The third-order valence-electron chi connectivity index (χ3n) is 2.21. The molecule has 1 amide bonds. The Balaban J connectivity index is 2.49. The van der Waals surface area contributed by atoms with Crippen LogP contribution in [0, 0.1) is 10.1 Å². The van der Waals surface area contributed by atoms with E-state index in [0.717, 1.165) is 5.56 Å². The Morgan fingerprint density at radius 3 is 2.88 bits per heavy atom. The van der Waals surface area contributed by atoms with E-state index in [0.29, 0.717) is 19.5 Å². The van der Waals surface area contributed by atoms with Crippen LogP contribution in [0.1, 0.15) is 12.0 Å². The molecule has 1 rings (SSSR count). The molecule has 0 aliphatic rings. The number of benzene rings is 1. The van der Waals surface area contributed by atoms with Crippen LogP contribution in [0.5, 0.6) is 0 Å². The minimum absolute atomic E-state index is 0.0342. The second kappa shape index (κ2) is 6.59. The van der Waals surface area contributed by atoms with Crippen molar-refractivity contribution in [2.24, 2.45) is 0 Å². The molecule has 92 valence electrons. The fraction of sp³-hybridized carbons (Fsp3) is 0.364. The van der Waals surface area contributed by atoms with Gasteiger partial charge in [-0.25, -0.2) is 0 Å². The number of hydrogen-bond acceptors (Lipinski definition) is 4. The number of carbonyl (C=O) groups excluding carboxylic acids is 1. The highest BCUT2D eigenvalue weighted by Crippen LogP contribution is 2.12. The normalized spacial score (nSPS) is 9.94. The van der Waals surface area contributed by atoms with Crippen molar-refractivity contribution < 1.29 is 9.72 Å². The van der Waals surface area contributed by atoms with Gasteiger partial charge in [-0.3, -0.25) is 14.9 Å². The fourth-order valence-electron chi connectivity index (χ4n) is 1.31. The summed E-state index contributed by atoms with van der Waals surface area (Å²) in [6.07, 6.45) is 0.394. The standard InChI is InChI=1S/C11H15N3O3/c1-12-6-5-11(15)13-8-9-3-2-4-10(7-9)14(16)17/h2-4,7,12H,5-6,8H2,1H3,(H,13,15). The topological polar surface area (TPSA) is 84.3 Å². The summed E-state index contributed by atoms with van der Waals surface area (Å²) in [4.78, 5) is 21.4. The average molecular weight is 237 g/mol. The monoisotopic (exact) mass is 237 g/mol. The lowest BCUT2D eigenvalue weighted by atomic mass is 10.2. The number of hydrogen-bond donors (Lipinski definition) is 2. The summed E-state index contributed by atoms with van der Waals surface area (Å²) in [5, 5.41) is 16.1. The van der Waals surface area contributed by atoms with Crippen molar-refractivity contribution in [1.29, 1.82) is 0 Å². The van der Waals surface area contributed by atoms with Gasteiger partial charge in [0.05, 0.1) is 4.92 Å². The molecule has 0 bridgehead atoms. The summed E-state index contributed by atoms with van der Waals surface area (Å²) < 4.78 is 0. The molecular weight excluding hydrogens is 222 g/mol. The summed E-state index contributed by atoms with van der Waals surface area (Å²) in [6.45, 7) is 0.922. The van der Waals surface area contributed by atoms with Gasteiger partial charge in [0, 0.05) is 31.6 Å². The lowest BCUT2D eigenvalue weighted by Gasteiger charge is -2.04. The molecule has 0 radical (unpaired) electrons. The van der Waals surface area contributed by atoms with Gasteiger partial charge in [0.2, 0.25) is 5.91 Å². The van der Waals surface area contributed by atoms with Gasteiger partial charge in [0.25, 0.3) is 5.69 Å². The zero-order valence-corrected chi connectivity index (χ0v) is 9.60. The highest BCUT2D eigenvalue weighted by Gasteiger charge is 2.06. The van der Waals surface area contributed by atoms with Crippen molar-refractivity contribution in [3.63, 3.8) is 0 Å². The Morgan fingerprint density at radius 2 is 2.24 bits per heavy atom. The maximum atomic E-state index is 11.3. The molecule has 17 heavy (non-hydrogen) atoms. The van der Waals surface area contributed by atoms with Crippen molar-refractivity contribution >= 4 is 11.6 Å². The lowest BCUT2D eigenvalue weighted by Crippen LogP contribution is -2.26. The van der Waals surface area contributed by atoms with Crippen LogP contribution in [-0.4, -0.2) is 24.4 Å². The third kappa shape index (κ3) is 4.60. The number of non-ortho nitro benzene ring substituents is 1. The van der Waals surface area contributed by atoms with E-state index in [1.54, 1.807) is 19.2 Å². The van der Waals surface area contributed by atoms with Gasteiger partial charge in [-0.2, -0.15) is 0 Å². The van der Waals surface area contributed by atoms with Crippen molar-refractivity contribution in [1.82, 2.24) is 10.6 Å². The largest absolute Gasteiger partial charge is 0.352 e. The van der Waals surface area contributed by atoms with Crippen molar-refractivity contribution in [2.45, 2.75) is 13.0 Å². The quantitative estimate of drug-likeness (QED) is 0.566. The summed E-state index contributed by atoms with van der Waals surface area (Å²) in [5.74, 6) is -0.0779. The SMILES string of the molecule is CNCCC(=O)NCc1cccc([N+](=O)[O-])c1. The second-order valence-corrected chi connectivity index (χ2v) is 3.56. The van der Waals surface area contributed by atoms with Crippen molar-refractivity contribution in [3.8, 4) is 0 Å². The summed E-state index contributed by atoms with van der Waals surface area (Å²) >= 11 is 0. The zero-order chi connectivity index (χ0) is 12.7. The highest BCUT2D eigenvalue weighted by atomic mass is 16.6. The van der Waals surface area contributed by atoms with E-state index >= 15 is 0 Å². The van der Waals surface area contributed by atoms with Crippen LogP contribution in [0.3, 0.4) is 0 Å². The molecule has 2 N–H and O–H groups in total. The average Bonchev–Trinajstić information content (AvgIpc) is 2.34. The van der Waals surface area contributed by atoms with E-state index in [2.05, 4.69) is 10.6 Å². The smallest absolute Gasteiger partial charge is 0.269 e. The molecule has 0 saturated heterocycles. The molecule has 1 aromatic rings. The predicted molar refractivity (Wildman–Crippen MR) is 63.5 cm³/mol. The molecule has 1 aromatic carbocycles. The fourth-order valence-corrected chi connectivity index (χ4v) is 1.31. The summed E-state index contributed by atoms with van der Waals surface area (Å²) in [7, 11) is 1.77. The Kier molecular flexibility index (Phi) is 5.09.